The maximum atomic E-state index is 13.1. The number of rotatable bonds is 7. The number of carbonyl (C=O) groups is 3. The average Bonchev–Trinajstić information content (AvgIpc) is 2.86. The fourth-order valence-electron chi connectivity index (χ4n) is 4.03. The van der Waals surface area contributed by atoms with E-state index in [1.54, 1.807) is 30.3 Å². The van der Waals surface area contributed by atoms with Crippen molar-refractivity contribution in [2.75, 3.05) is 26.2 Å². The molecular formula is C26H25F6N3O3. The molecule has 0 aliphatic carbocycles. The highest BCUT2D eigenvalue weighted by molar-refractivity contribution is 6.02. The number of benzene rings is 2. The van der Waals surface area contributed by atoms with Gasteiger partial charge in [0, 0.05) is 32.1 Å². The molecule has 1 heterocycles. The molecule has 0 saturated carbocycles. The summed E-state index contributed by atoms with van der Waals surface area (Å²) in [4.78, 5) is 38.2. The summed E-state index contributed by atoms with van der Waals surface area (Å²) in [6.07, 6.45) is -10.0. The molecule has 2 aromatic rings. The molecule has 2 aromatic carbocycles. The Hall–Kier alpha value is -3.83. The molecule has 6 nitrogen and oxygen atoms in total. The lowest BCUT2D eigenvalue weighted by molar-refractivity contribution is -0.143. The van der Waals surface area contributed by atoms with Gasteiger partial charge in [0.2, 0.25) is 17.7 Å². The van der Waals surface area contributed by atoms with Crippen molar-refractivity contribution >= 4 is 23.3 Å². The molecular weight excluding hydrogens is 516 g/mol. The van der Waals surface area contributed by atoms with E-state index in [1.165, 1.54) is 11.8 Å². The van der Waals surface area contributed by atoms with Gasteiger partial charge in [0.25, 0.3) is 0 Å². The zero-order valence-electron chi connectivity index (χ0n) is 20.3. The summed E-state index contributed by atoms with van der Waals surface area (Å²) in [6.45, 7) is 1.17. The van der Waals surface area contributed by atoms with Gasteiger partial charge < -0.3 is 15.5 Å². The summed E-state index contributed by atoms with van der Waals surface area (Å²) in [5.74, 6) is -1.23. The molecule has 0 aromatic heterocycles. The summed E-state index contributed by atoms with van der Waals surface area (Å²) in [5, 5.41) is 5.02. The van der Waals surface area contributed by atoms with Crippen LogP contribution in [0, 0.1) is 0 Å². The monoisotopic (exact) mass is 541 g/mol. The van der Waals surface area contributed by atoms with Crippen LogP contribution in [0.1, 0.15) is 35.6 Å². The van der Waals surface area contributed by atoms with E-state index in [-0.39, 0.29) is 62.5 Å². The Labute approximate surface area is 214 Å². The number of hydrogen-bond donors (Lipinski definition) is 2. The van der Waals surface area contributed by atoms with Crippen molar-refractivity contribution in [2.45, 2.75) is 32.1 Å². The number of halogens is 6. The number of hydrogen-bond acceptors (Lipinski definition) is 3. The van der Waals surface area contributed by atoms with Gasteiger partial charge in [-0.25, -0.2) is 0 Å². The topological polar surface area (TPSA) is 78.5 Å². The van der Waals surface area contributed by atoms with Crippen LogP contribution in [0.15, 0.2) is 54.1 Å². The van der Waals surface area contributed by atoms with E-state index in [1.807, 2.05) is 0 Å². The van der Waals surface area contributed by atoms with Crippen LogP contribution in [0.3, 0.4) is 0 Å². The van der Waals surface area contributed by atoms with Crippen LogP contribution >= 0.6 is 0 Å². The van der Waals surface area contributed by atoms with Gasteiger partial charge in [0.1, 0.15) is 0 Å². The van der Waals surface area contributed by atoms with E-state index in [0.29, 0.717) is 28.8 Å². The molecule has 0 fully saturated rings. The number of alkyl halides is 6. The molecule has 1 aliphatic rings. The highest BCUT2D eigenvalue weighted by atomic mass is 19.4. The molecule has 0 bridgehead atoms. The van der Waals surface area contributed by atoms with Gasteiger partial charge in [-0.05, 0) is 47.7 Å². The Kier molecular flexibility index (Phi) is 8.85. The Morgan fingerprint density at radius 1 is 0.895 bits per heavy atom. The van der Waals surface area contributed by atoms with Gasteiger partial charge in [0.05, 0.1) is 17.7 Å². The Morgan fingerprint density at radius 2 is 1.50 bits per heavy atom. The first-order valence-electron chi connectivity index (χ1n) is 11.6. The van der Waals surface area contributed by atoms with Crippen LogP contribution in [0.5, 0.6) is 0 Å². The first kappa shape index (κ1) is 28.7. The van der Waals surface area contributed by atoms with Crippen LogP contribution < -0.4 is 10.6 Å². The normalized spacial score (nSPS) is 14.3. The lowest BCUT2D eigenvalue weighted by atomic mass is 9.93. The predicted molar refractivity (Wildman–Crippen MR) is 126 cm³/mol. The van der Waals surface area contributed by atoms with Crippen molar-refractivity contribution in [3.8, 4) is 0 Å². The summed E-state index contributed by atoms with van der Waals surface area (Å²) in [5.41, 5.74) is -1.45. The first-order chi connectivity index (χ1) is 17.8. The van der Waals surface area contributed by atoms with Crippen LogP contribution in [0.2, 0.25) is 0 Å². The molecule has 0 spiro atoms. The third-order valence-corrected chi connectivity index (χ3v) is 5.93. The third kappa shape index (κ3) is 7.59. The Morgan fingerprint density at radius 3 is 2.05 bits per heavy atom. The number of nitrogens with one attached hydrogen (secondary N) is 2. The minimum atomic E-state index is -4.96. The van der Waals surface area contributed by atoms with E-state index in [2.05, 4.69) is 10.6 Å². The second-order valence-electron chi connectivity index (χ2n) is 8.72. The fraction of sp³-hybridized carbons (Fsp3) is 0.346. The highest BCUT2D eigenvalue weighted by Gasteiger charge is 2.37. The lowest BCUT2D eigenvalue weighted by Crippen LogP contribution is -2.44. The third-order valence-electron chi connectivity index (χ3n) is 5.93. The van der Waals surface area contributed by atoms with Crippen LogP contribution in [-0.2, 0) is 33.2 Å². The lowest BCUT2D eigenvalue weighted by Gasteiger charge is -2.31. The number of nitrogens with zero attached hydrogens (tertiary/aromatic N) is 1. The molecule has 0 radical (unpaired) electrons. The summed E-state index contributed by atoms with van der Waals surface area (Å²) in [7, 11) is 0. The van der Waals surface area contributed by atoms with E-state index in [0.717, 1.165) is 0 Å². The van der Waals surface area contributed by atoms with Crippen molar-refractivity contribution in [1.29, 1.82) is 0 Å². The molecule has 0 saturated heterocycles. The van der Waals surface area contributed by atoms with Gasteiger partial charge in [0.15, 0.2) is 0 Å². The van der Waals surface area contributed by atoms with Gasteiger partial charge in [-0.15, -0.1) is 0 Å². The van der Waals surface area contributed by atoms with Crippen molar-refractivity contribution in [1.82, 2.24) is 15.5 Å². The van der Waals surface area contributed by atoms with Crippen molar-refractivity contribution in [3.63, 3.8) is 0 Å². The largest absolute Gasteiger partial charge is 0.416 e. The summed E-state index contributed by atoms with van der Waals surface area (Å²) in [6, 6.07) is 10.1. The van der Waals surface area contributed by atoms with Crippen LogP contribution in [-0.4, -0.2) is 48.8 Å². The van der Waals surface area contributed by atoms with Crippen LogP contribution in [0.25, 0.3) is 5.57 Å². The molecule has 0 unspecified atom stereocenters. The number of carbonyl (C=O) groups excluding carboxylic acids is 3. The smallest absolute Gasteiger partial charge is 0.352 e. The van der Waals surface area contributed by atoms with Gasteiger partial charge >= 0.3 is 12.4 Å². The number of amides is 3. The Balaban J connectivity index is 1.77. The van der Waals surface area contributed by atoms with Gasteiger partial charge in [-0.2, -0.15) is 26.3 Å². The van der Waals surface area contributed by atoms with Crippen molar-refractivity contribution in [2.24, 2.45) is 0 Å². The zero-order valence-corrected chi connectivity index (χ0v) is 20.3. The predicted octanol–water partition coefficient (Wildman–Crippen LogP) is 4.21. The van der Waals surface area contributed by atoms with Gasteiger partial charge in [-0.1, -0.05) is 30.3 Å². The van der Waals surface area contributed by atoms with Gasteiger partial charge in [-0.3, -0.25) is 14.4 Å². The molecule has 2 N–H and O–H groups in total. The zero-order chi connectivity index (χ0) is 28.1. The summed E-state index contributed by atoms with van der Waals surface area (Å²) >= 11 is 0. The molecule has 3 rings (SSSR count). The van der Waals surface area contributed by atoms with Crippen molar-refractivity contribution < 1.29 is 40.7 Å². The average molecular weight is 541 g/mol. The molecule has 12 heteroatoms. The molecule has 1 aliphatic heterocycles. The SMILES string of the molecule is CC(=O)NCC(=O)N1CCC(C(=O)NCCc2cc(C(F)(F)F)cc(C(F)(F)F)c2)=C(c2ccccc2)C1. The standard InChI is InChI=1S/C26H25F6N3O3/c1-16(36)34-14-23(37)35-10-8-21(22(15-35)18-5-3-2-4-6-18)24(38)33-9-7-17-11-19(25(27,28)29)13-20(12-17)26(30,31)32/h2-6,11-13H,7-10,14-15H2,1H3,(H,33,38)(H,34,36). The second kappa shape index (κ2) is 11.7. The quantitative estimate of drug-likeness (QED) is 0.516. The highest BCUT2D eigenvalue weighted by Crippen LogP contribution is 2.36. The maximum absolute atomic E-state index is 13.1. The summed E-state index contributed by atoms with van der Waals surface area (Å²) < 4.78 is 78.7. The van der Waals surface area contributed by atoms with E-state index >= 15 is 0 Å². The molecule has 3 amide bonds. The van der Waals surface area contributed by atoms with E-state index in [9.17, 15) is 40.7 Å². The molecule has 38 heavy (non-hydrogen) atoms. The molecule has 0 atom stereocenters. The first-order valence-corrected chi connectivity index (χ1v) is 11.6. The van der Waals surface area contributed by atoms with Crippen molar-refractivity contribution in [3.05, 3.63) is 76.4 Å². The van der Waals surface area contributed by atoms with Crippen LogP contribution in [0.4, 0.5) is 26.3 Å². The fourth-order valence-corrected chi connectivity index (χ4v) is 4.03. The second-order valence-corrected chi connectivity index (χ2v) is 8.72. The molecule has 204 valence electrons. The minimum absolute atomic E-state index is 0.0556. The minimum Gasteiger partial charge on any atom is -0.352 e. The Bertz CT molecular complexity index is 1190. The van der Waals surface area contributed by atoms with E-state index < -0.39 is 29.4 Å². The van der Waals surface area contributed by atoms with E-state index in [4.69, 9.17) is 0 Å². The maximum Gasteiger partial charge on any atom is 0.416 e.